The number of aromatic amines is 1. The zero-order valence-corrected chi connectivity index (χ0v) is 17.4. The molecular weight excluding hydrogens is 422 g/mol. The number of H-pyrrole nitrogens is 1. The lowest BCUT2D eigenvalue weighted by molar-refractivity contribution is 0.0943. The predicted octanol–water partition coefficient (Wildman–Crippen LogP) is 1.68. The number of nitrogens with zero attached hydrogens (tertiary/aromatic N) is 1. The van der Waals surface area contributed by atoms with Gasteiger partial charge in [0, 0.05) is 24.7 Å². The van der Waals surface area contributed by atoms with Crippen LogP contribution in [0, 0.1) is 0 Å². The van der Waals surface area contributed by atoms with Gasteiger partial charge in [0.1, 0.15) is 5.69 Å². The Balaban J connectivity index is 1.72. The number of amides is 3. The van der Waals surface area contributed by atoms with E-state index in [1.165, 1.54) is 25.5 Å². The molecular formula is C20H19N5O5S. The number of nitrogens with one attached hydrogen (secondary N) is 4. The third kappa shape index (κ3) is 4.95. The van der Waals surface area contributed by atoms with Crippen molar-refractivity contribution in [2.45, 2.75) is 4.90 Å². The van der Waals surface area contributed by atoms with Crippen molar-refractivity contribution in [2.75, 3.05) is 23.9 Å². The maximum Gasteiger partial charge on any atom is 0.276 e. The minimum atomic E-state index is -3.57. The van der Waals surface area contributed by atoms with Gasteiger partial charge < -0.3 is 20.9 Å². The highest BCUT2D eigenvalue weighted by Crippen LogP contribution is 2.19. The molecule has 3 aromatic rings. The Kier molecular flexibility index (Phi) is 6.16. The second kappa shape index (κ2) is 8.79. The summed E-state index contributed by atoms with van der Waals surface area (Å²) in [7, 11) is -2.13. The molecule has 0 spiro atoms. The molecule has 10 nitrogen and oxygen atoms in total. The Morgan fingerprint density at radius 2 is 1.45 bits per heavy atom. The molecule has 11 heteroatoms. The van der Waals surface area contributed by atoms with Crippen molar-refractivity contribution in [3.63, 3.8) is 0 Å². The predicted molar refractivity (Wildman–Crippen MR) is 114 cm³/mol. The largest absolute Gasteiger partial charge is 0.354 e. The van der Waals surface area contributed by atoms with Crippen LogP contribution in [0.1, 0.15) is 31.3 Å². The van der Waals surface area contributed by atoms with E-state index in [0.29, 0.717) is 11.4 Å². The van der Waals surface area contributed by atoms with Crippen LogP contribution in [-0.2, 0) is 9.84 Å². The first-order valence-corrected chi connectivity index (χ1v) is 10.9. The molecule has 0 aliphatic rings. The Labute approximate surface area is 178 Å². The number of sulfone groups is 1. The molecule has 1 aromatic heterocycles. The number of carbonyl (C=O) groups excluding carboxylic acids is 3. The van der Waals surface area contributed by atoms with Gasteiger partial charge in [0.15, 0.2) is 15.5 Å². The van der Waals surface area contributed by atoms with E-state index in [9.17, 15) is 22.8 Å². The average molecular weight is 441 g/mol. The second-order valence-corrected chi connectivity index (χ2v) is 8.44. The average Bonchev–Trinajstić information content (AvgIpc) is 3.24. The quantitative estimate of drug-likeness (QED) is 0.457. The van der Waals surface area contributed by atoms with E-state index >= 15 is 0 Å². The first-order chi connectivity index (χ1) is 14.7. The van der Waals surface area contributed by atoms with E-state index in [1.807, 2.05) is 0 Å². The monoisotopic (exact) mass is 441 g/mol. The molecule has 2 aromatic carbocycles. The van der Waals surface area contributed by atoms with Crippen LogP contribution in [0.15, 0.2) is 59.8 Å². The molecule has 0 aliphatic heterocycles. The van der Waals surface area contributed by atoms with Gasteiger partial charge in [0.2, 0.25) is 0 Å². The fourth-order valence-electron chi connectivity index (χ4n) is 2.77. The molecule has 0 fully saturated rings. The molecule has 0 aliphatic carbocycles. The molecule has 0 saturated heterocycles. The van der Waals surface area contributed by atoms with Gasteiger partial charge in [-0.3, -0.25) is 14.4 Å². The van der Waals surface area contributed by atoms with Gasteiger partial charge in [-0.2, -0.15) is 0 Å². The highest BCUT2D eigenvalue weighted by molar-refractivity contribution is 7.90. The number of imidazole rings is 1. The van der Waals surface area contributed by atoms with Crippen molar-refractivity contribution in [3.05, 3.63) is 71.8 Å². The Morgan fingerprint density at radius 1 is 0.871 bits per heavy atom. The zero-order valence-electron chi connectivity index (χ0n) is 16.6. The number of hydrogen-bond acceptors (Lipinski definition) is 6. The van der Waals surface area contributed by atoms with Gasteiger partial charge in [-0.15, -0.1) is 0 Å². The third-order valence-electron chi connectivity index (χ3n) is 4.24. The topological polar surface area (TPSA) is 150 Å². The Hall–Kier alpha value is -3.99. The number of anilines is 2. The Bertz CT molecular complexity index is 1250. The van der Waals surface area contributed by atoms with E-state index in [1.54, 1.807) is 36.4 Å². The van der Waals surface area contributed by atoms with Crippen molar-refractivity contribution in [1.29, 1.82) is 0 Å². The van der Waals surface area contributed by atoms with E-state index in [-0.39, 0.29) is 21.8 Å². The van der Waals surface area contributed by atoms with Crippen LogP contribution in [0.2, 0.25) is 0 Å². The lowest BCUT2D eigenvalue weighted by atomic mass is 10.2. The summed E-state index contributed by atoms with van der Waals surface area (Å²) in [5, 5.41) is 7.65. The minimum Gasteiger partial charge on any atom is -0.354 e. The van der Waals surface area contributed by atoms with Crippen LogP contribution in [0.3, 0.4) is 0 Å². The molecule has 0 bridgehead atoms. The van der Waals surface area contributed by atoms with Gasteiger partial charge in [0.05, 0.1) is 16.8 Å². The minimum absolute atomic E-state index is 0.0302. The summed E-state index contributed by atoms with van der Waals surface area (Å²) in [6.07, 6.45) is 2.28. The van der Waals surface area contributed by atoms with Crippen LogP contribution in [0.5, 0.6) is 0 Å². The highest BCUT2D eigenvalue weighted by atomic mass is 32.2. The standard InChI is InChI=1S/C20H19N5O5S/c1-21-19(27)16-17(23-11-22-16)20(28)25-13-9-7-12(8-10-13)24-18(26)14-5-3-4-6-15(14)31(2,29)30/h3-11H,1-2H3,(H,21,27)(H,22,23)(H,24,26)(H,25,28). The number of rotatable bonds is 6. The van der Waals surface area contributed by atoms with E-state index in [2.05, 4.69) is 25.9 Å². The summed E-state index contributed by atoms with van der Waals surface area (Å²) in [6.45, 7) is 0. The maximum absolute atomic E-state index is 12.5. The SMILES string of the molecule is CNC(=O)c1[nH]cnc1C(=O)Nc1ccc(NC(=O)c2ccccc2S(C)(=O)=O)cc1. The molecule has 31 heavy (non-hydrogen) atoms. The van der Waals surface area contributed by atoms with Crippen molar-refractivity contribution in [2.24, 2.45) is 0 Å². The lowest BCUT2D eigenvalue weighted by Crippen LogP contribution is -2.23. The molecule has 3 rings (SSSR count). The summed E-state index contributed by atoms with van der Waals surface area (Å²) in [4.78, 5) is 43.1. The number of benzene rings is 2. The Morgan fingerprint density at radius 3 is 2.03 bits per heavy atom. The number of carbonyl (C=O) groups is 3. The second-order valence-electron chi connectivity index (χ2n) is 6.46. The molecule has 0 atom stereocenters. The van der Waals surface area contributed by atoms with Gasteiger partial charge in [0.25, 0.3) is 17.7 Å². The molecule has 160 valence electrons. The van der Waals surface area contributed by atoms with Gasteiger partial charge in [-0.05, 0) is 36.4 Å². The first kappa shape index (κ1) is 21.7. The van der Waals surface area contributed by atoms with Crippen LogP contribution in [-0.4, -0.2) is 49.4 Å². The fraction of sp³-hybridized carbons (Fsp3) is 0.100. The molecule has 3 amide bonds. The molecule has 1 heterocycles. The van der Waals surface area contributed by atoms with Crippen molar-refractivity contribution in [1.82, 2.24) is 15.3 Å². The summed E-state index contributed by atoms with van der Waals surface area (Å²) in [6, 6.07) is 12.1. The van der Waals surface area contributed by atoms with E-state index < -0.39 is 27.6 Å². The van der Waals surface area contributed by atoms with Crippen molar-refractivity contribution < 1.29 is 22.8 Å². The normalized spacial score (nSPS) is 10.9. The molecule has 0 saturated carbocycles. The van der Waals surface area contributed by atoms with Gasteiger partial charge >= 0.3 is 0 Å². The fourth-order valence-corrected chi connectivity index (χ4v) is 3.65. The molecule has 0 radical (unpaired) electrons. The van der Waals surface area contributed by atoms with Gasteiger partial charge in [-0.1, -0.05) is 12.1 Å². The molecule has 4 N–H and O–H groups in total. The summed E-state index contributed by atoms with van der Waals surface area (Å²) in [5.74, 6) is -1.64. The number of hydrogen-bond donors (Lipinski definition) is 4. The maximum atomic E-state index is 12.5. The summed E-state index contributed by atoms with van der Waals surface area (Å²) < 4.78 is 23.8. The zero-order chi connectivity index (χ0) is 22.6. The summed E-state index contributed by atoms with van der Waals surface area (Å²) >= 11 is 0. The van der Waals surface area contributed by atoms with E-state index in [4.69, 9.17) is 0 Å². The third-order valence-corrected chi connectivity index (χ3v) is 5.40. The number of aromatic nitrogens is 2. The lowest BCUT2D eigenvalue weighted by Gasteiger charge is -2.10. The smallest absolute Gasteiger partial charge is 0.276 e. The van der Waals surface area contributed by atoms with Crippen LogP contribution in [0.4, 0.5) is 11.4 Å². The van der Waals surface area contributed by atoms with Crippen molar-refractivity contribution in [3.8, 4) is 0 Å². The van der Waals surface area contributed by atoms with Crippen molar-refractivity contribution >= 4 is 38.9 Å². The van der Waals surface area contributed by atoms with Crippen LogP contribution < -0.4 is 16.0 Å². The summed E-state index contributed by atoms with van der Waals surface area (Å²) in [5.41, 5.74) is 0.813. The molecule has 0 unspecified atom stereocenters. The highest BCUT2D eigenvalue weighted by Gasteiger charge is 2.20. The van der Waals surface area contributed by atoms with Gasteiger partial charge in [-0.25, -0.2) is 13.4 Å². The van der Waals surface area contributed by atoms with Crippen LogP contribution >= 0.6 is 0 Å². The first-order valence-electron chi connectivity index (χ1n) is 8.98. The van der Waals surface area contributed by atoms with E-state index in [0.717, 1.165) is 6.26 Å². The van der Waals surface area contributed by atoms with Crippen LogP contribution in [0.25, 0.3) is 0 Å².